The summed E-state index contributed by atoms with van der Waals surface area (Å²) < 4.78 is 10.6. The molecular weight excluding hydrogens is 298 g/mol. The molecule has 1 aromatic rings. The van der Waals surface area contributed by atoms with E-state index < -0.39 is 0 Å². The standard InChI is InChI=1S/C16H19N3O2S/c22-16(18-13-6-10-1-3-12(13)5-10)19-17-8-11-2-4-14-15(7-11)21-9-20-14/h2,4,7-8,10,12-13H,1,3,5-6,9H2,(H2,18,19,22)/b17-8-/t10-,12-,13-/m1/s1. The molecule has 4 rings (SSSR count). The zero-order valence-corrected chi connectivity index (χ0v) is 13.1. The van der Waals surface area contributed by atoms with Gasteiger partial charge in [0.05, 0.1) is 6.21 Å². The summed E-state index contributed by atoms with van der Waals surface area (Å²) in [5.74, 6) is 3.23. The van der Waals surface area contributed by atoms with Crippen molar-refractivity contribution >= 4 is 23.5 Å². The van der Waals surface area contributed by atoms with Gasteiger partial charge < -0.3 is 14.8 Å². The second kappa shape index (κ2) is 5.76. The fourth-order valence-corrected chi connectivity index (χ4v) is 3.99. The van der Waals surface area contributed by atoms with Crippen LogP contribution in [0.25, 0.3) is 0 Å². The second-order valence-electron chi connectivity index (χ2n) is 6.24. The van der Waals surface area contributed by atoms with Crippen molar-refractivity contribution in [1.82, 2.24) is 10.7 Å². The average molecular weight is 317 g/mol. The molecule has 3 atom stereocenters. The molecule has 5 nitrogen and oxygen atoms in total. The van der Waals surface area contributed by atoms with Gasteiger partial charge in [-0.3, -0.25) is 5.43 Å². The Labute approximate surface area is 135 Å². The Kier molecular flexibility index (Phi) is 3.62. The molecule has 3 aliphatic rings. The third-order valence-corrected chi connectivity index (χ3v) is 5.04. The number of nitrogens with zero attached hydrogens (tertiary/aromatic N) is 1. The van der Waals surface area contributed by atoms with E-state index in [4.69, 9.17) is 21.7 Å². The lowest BCUT2D eigenvalue weighted by Crippen LogP contribution is -2.42. The third-order valence-electron chi connectivity index (χ3n) is 4.83. The van der Waals surface area contributed by atoms with Crippen molar-refractivity contribution in [2.75, 3.05) is 6.79 Å². The highest BCUT2D eigenvalue weighted by atomic mass is 32.1. The number of fused-ring (bicyclic) bond motifs is 3. The topological polar surface area (TPSA) is 54.9 Å². The van der Waals surface area contributed by atoms with Crippen molar-refractivity contribution in [1.29, 1.82) is 0 Å². The van der Waals surface area contributed by atoms with Gasteiger partial charge in [-0.1, -0.05) is 6.42 Å². The SMILES string of the molecule is S=C(N/N=C\c1ccc2c(c1)OCO2)N[C@@H]1C[C@@H]2CC[C@@H]1C2. The van der Waals surface area contributed by atoms with Gasteiger partial charge in [-0.05, 0) is 67.1 Å². The van der Waals surface area contributed by atoms with Crippen molar-refractivity contribution < 1.29 is 9.47 Å². The highest BCUT2D eigenvalue weighted by Gasteiger charge is 2.39. The van der Waals surface area contributed by atoms with E-state index in [9.17, 15) is 0 Å². The maximum Gasteiger partial charge on any atom is 0.231 e. The zero-order valence-electron chi connectivity index (χ0n) is 12.2. The molecule has 116 valence electrons. The van der Waals surface area contributed by atoms with Crippen LogP contribution in [-0.2, 0) is 0 Å². The fraction of sp³-hybridized carbons (Fsp3) is 0.500. The molecule has 22 heavy (non-hydrogen) atoms. The number of ether oxygens (including phenoxy) is 2. The molecule has 0 aromatic heterocycles. The van der Waals surface area contributed by atoms with Crippen LogP contribution in [0.5, 0.6) is 11.5 Å². The number of benzene rings is 1. The number of hydrazone groups is 1. The van der Waals surface area contributed by atoms with Gasteiger partial charge in [0.15, 0.2) is 16.6 Å². The molecule has 2 saturated carbocycles. The lowest BCUT2D eigenvalue weighted by Gasteiger charge is -2.23. The van der Waals surface area contributed by atoms with Crippen LogP contribution in [0, 0.1) is 11.8 Å². The molecular formula is C16H19N3O2S. The summed E-state index contributed by atoms with van der Waals surface area (Å²) in [5, 5.41) is 8.20. The van der Waals surface area contributed by atoms with E-state index in [1.807, 2.05) is 18.2 Å². The summed E-state index contributed by atoms with van der Waals surface area (Å²) in [6.45, 7) is 0.283. The van der Waals surface area contributed by atoms with E-state index in [1.165, 1.54) is 25.7 Å². The van der Waals surface area contributed by atoms with Crippen molar-refractivity contribution in [2.45, 2.75) is 31.7 Å². The van der Waals surface area contributed by atoms with Crippen molar-refractivity contribution in [3.63, 3.8) is 0 Å². The summed E-state index contributed by atoms with van der Waals surface area (Å²) in [4.78, 5) is 0. The van der Waals surface area contributed by atoms with E-state index >= 15 is 0 Å². The molecule has 2 bridgehead atoms. The molecule has 6 heteroatoms. The third kappa shape index (κ3) is 2.75. The van der Waals surface area contributed by atoms with E-state index in [0.717, 1.165) is 28.9 Å². The summed E-state index contributed by atoms with van der Waals surface area (Å²) in [7, 11) is 0. The van der Waals surface area contributed by atoms with Crippen molar-refractivity contribution in [3.8, 4) is 11.5 Å². The number of hydrogen-bond donors (Lipinski definition) is 2. The highest BCUT2D eigenvalue weighted by Crippen LogP contribution is 2.44. The highest BCUT2D eigenvalue weighted by molar-refractivity contribution is 7.80. The molecule has 1 aliphatic heterocycles. The predicted molar refractivity (Wildman–Crippen MR) is 88.3 cm³/mol. The van der Waals surface area contributed by atoms with Crippen LogP contribution in [0.3, 0.4) is 0 Å². The van der Waals surface area contributed by atoms with Gasteiger partial charge in [0.25, 0.3) is 0 Å². The van der Waals surface area contributed by atoms with Crippen LogP contribution in [0.2, 0.25) is 0 Å². The number of nitrogens with one attached hydrogen (secondary N) is 2. The van der Waals surface area contributed by atoms with Gasteiger partial charge >= 0.3 is 0 Å². The van der Waals surface area contributed by atoms with Gasteiger partial charge in [0, 0.05) is 6.04 Å². The Morgan fingerprint density at radius 2 is 2.14 bits per heavy atom. The first-order valence-electron chi connectivity index (χ1n) is 7.77. The van der Waals surface area contributed by atoms with Crippen molar-refractivity contribution in [2.24, 2.45) is 16.9 Å². The van der Waals surface area contributed by atoms with Crippen LogP contribution < -0.4 is 20.2 Å². The lowest BCUT2D eigenvalue weighted by atomic mass is 9.96. The van der Waals surface area contributed by atoms with E-state index in [2.05, 4.69) is 15.8 Å². The first-order valence-corrected chi connectivity index (χ1v) is 8.18. The summed E-state index contributed by atoms with van der Waals surface area (Å²) in [5.41, 5.74) is 3.85. The van der Waals surface area contributed by atoms with Crippen LogP contribution >= 0.6 is 12.2 Å². The Morgan fingerprint density at radius 1 is 1.23 bits per heavy atom. The molecule has 0 unspecified atom stereocenters. The average Bonchev–Trinajstić information content (AvgIpc) is 3.22. The molecule has 1 aromatic carbocycles. The van der Waals surface area contributed by atoms with Crippen LogP contribution in [0.4, 0.5) is 0 Å². The van der Waals surface area contributed by atoms with E-state index in [0.29, 0.717) is 11.2 Å². The van der Waals surface area contributed by atoms with Gasteiger partial charge in [-0.25, -0.2) is 0 Å². The molecule has 0 saturated heterocycles. The summed E-state index contributed by atoms with van der Waals surface area (Å²) >= 11 is 5.32. The monoisotopic (exact) mass is 317 g/mol. The smallest absolute Gasteiger partial charge is 0.231 e. The minimum atomic E-state index is 0.283. The molecule has 0 amide bonds. The largest absolute Gasteiger partial charge is 0.454 e. The van der Waals surface area contributed by atoms with Crippen LogP contribution in [0.15, 0.2) is 23.3 Å². The van der Waals surface area contributed by atoms with Gasteiger partial charge in [-0.15, -0.1) is 0 Å². The lowest BCUT2D eigenvalue weighted by molar-refractivity contribution is 0.174. The number of thiocarbonyl (C=S) groups is 1. The molecule has 2 N–H and O–H groups in total. The van der Waals surface area contributed by atoms with Crippen LogP contribution in [0.1, 0.15) is 31.2 Å². The molecule has 1 heterocycles. The van der Waals surface area contributed by atoms with Gasteiger partial charge in [0.2, 0.25) is 6.79 Å². The summed E-state index contributed by atoms with van der Waals surface area (Å²) in [6.07, 6.45) is 7.08. The maximum atomic E-state index is 5.34. The Balaban J connectivity index is 1.29. The molecule has 0 spiro atoms. The predicted octanol–water partition coefficient (Wildman–Crippen LogP) is 2.40. The number of hydrogen-bond acceptors (Lipinski definition) is 4. The first kappa shape index (κ1) is 13.8. The zero-order chi connectivity index (χ0) is 14.9. The Hall–Kier alpha value is -1.82. The Morgan fingerprint density at radius 3 is 2.95 bits per heavy atom. The molecule has 2 fully saturated rings. The quantitative estimate of drug-likeness (QED) is 0.509. The van der Waals surface area contributed by atoms with Crippen molar-refractivity contribution in [3.05, 3.63) is 23.8 Å². The number of rotatable bonds is 3. The molecule has 0 radical (unpaired) electrons. The first-order chi connectivity index (χ1) is 10.8. The van der Waals surface area contributed by atoms with Crippen LogP contribution in [-0.4, -0.2) is 24.2 Å². The Bertz CT molecular complexity index is 619. The minimum Gasteiger partial charge on any atom is -0.454 e. The van der Waals surface area contributed by atoms with Gasteiger partial charge in [-0.2, -0.15) is 5.10 Å². The minimum absolute atomic E-state index is 0.283. The van der Waals surface area contributed by atoms with Gasteiger partial charge in [0.1, 0.15) is 0 Å². The fourth-order valence-electron chi connectivity index (χ4n) is 3.78. The van der Waals surface area contributed by atoms with E-state index in [1.54, 1.807) is 6.21 Å². The normalized spacial score (nSPS) is 28.3. The molecule has 2 aliphatic carbocycles. The maximum absolute atomic E-state index is 5.34. The summed E-state index contributed by atoms with van der Waals surface area (Å²) in [6, 6.07) is 6.25. The van der Waals surface area contributed by atoms with E-state index in [-0.39, 0.29) is 6.79 Å². The second-order valence-corrected chi connectivity index (χ2v) is 6.65.